The average molecular weight is 340 g/mol. The van der Waals surface area contributed by atoms with Crippen molar-refractivity contribution in [3.8, 4) is 0 Å². The molecule has 0 unspecified atom stereocenters. The molecule has 0 radical (unpaired) electrons. The van der Waals surface area contributed by atoms with E-state index < -0.39 is 0 Å². The molecular weight excluding hydrogens is 320 g/mol. The Kier molecular flexibility index (Phi) is 4.30. The fraction of sp³-hybridized carbons (Fsp3) is 0.389. The van der Waals surface area contributed by atoms with Crippen molar-refractivity contribution < 1.29 is 4.79 Å². The first-order chi connectivity index (χ1) is 11.8. The fourth-order valence-corrected chi connectivity index (χ4v) is 4.20. The van der Waals surface area contributed by atoms with Gasteiger partial charge in [-0.05, 0) is 37.8 Å². The van der Waals surface area contributed by atoms with Crippen molar-refractivity contribution in [2.24, 2.45) is 0 Å². The number of benzene rings is 1. The number of H-pyrrole nitrogens is 1. The van der Waals surface area contributed by atoms with E-state index in [0.29, 0.717) is 19.4 Å². The Hall–Kier alpha value is -2.21. The lowest BCUT2D eigenvalue weighted by Crippen LogP contribution is -2.23. The third-order valence-electron chi connectivity index (χ3n) is 4.35. The van der Waals surface area contributed by atoms with Crippen LogP contribution in [-0.4, -0.2) is 20.9 Å². The van der Waals surface area contributed by atoms with Gasteiger partial charge in [0.1, 0.15) is 10.8 Å². The Balaban J connectivity index is 1.29. The molecule has 24 heavy (non-hydrogen) atoms. The Bertz CT molecular complexity index is 810. The molecule has 2 N–H and O–H groups in total. The Morgan fingerprint density at radius 2 is 2.08 bits per heavy atom. The zero-order chi connectivity index (χ0) is 16.4. The molecule has 1 aromatic carbocycles. The molecule has 0 spiro atoms. The molecule has 0 atom stereocenters. The molecule has 5 nitrogen and oxygen atoms in total. The van der Waals surface area contributed by atoms with Gasteiger partial charge in [0.2, 0.25) is 5.91 Å². The van der Waals surface area contributed by atoms with Crippen LogP contribution in [0.25, 0.3) is 11.0 Å². The zero-order valence-corrected chi connectivity index (χ0v) is 14.3. The third kappa shape index (κ3) is 3.33. The highest BCUT2D eigenvalue weighted by molar-refractivity contribution is 7.11. The van der Waals surface area contributed by atoms with Crippen molar-refractivity contribution in [1.82, 2.24) is 20.3 Å². The van der Waals surface area contributed by atoms with Crippen LogP contribution in [0.1, 0.15) is 40.7 Å². The lowest BCUT2D eigenvalue weighted by atomic mass is 10.0. The summed E-state index contributed by atoms with van der Waals surface area (Å²) in [4.78, 5) is 25.9. The van der Waals surface area contributed by atoms with E-state index >= 15 is 0 Å². The number of amides is 1. The summed E-state index contributed by atoms with van der Waals surface area (Å²) in [6, 6.07) is 7.91. The maximum atomic E-state index is 12.1. The normalized spacial score (nSPS) is 13.8. The van der Waals surface area contributed by atoms with E-state index in [-0.39, 0.29) is 5.91 Å². The summed E-state index contributed by atoms with van der Waals surface area (Å²) in [5.41, 5.74) is 3.21. The largest absolute Gasteiger partial charge is 0.350 e. The van der Waals surface area contributed by atoms with E-state index in [2.05, 4.69) is 20.3 Å². The highest BCUT2D eigenvalue weighted by atomic mass is 32.1. The zero-order valence-electron chi connectivity index (χ0n) is 13.5. The van der Waals surface area contributed by atoms with E-state index in [4.69, 9.17) is 0 Å². The molecule has 0 saturated carbocycles. The smallest absolute Gasteiger partial charge is 0.220 e. The fourth-order valence-electron chi connectivity index (χ4n) is 3.10. The first kappa shape index (κ1) is 15.3. The second kappa shape index (κ2) is 6.73. The van der Waals surface area contributed by atoms with Crippen LogP contribution in [0.4, 0.5) is 0 Å². The number of aromatic nitrogens is 3. The number of aryl methyl sites for hydroxylation is 3. The maximum absolute atomic E-state index is 12.1. The van der Waals surface area contributed by atoms with Gasteiger partial charge in [-0.2, -0.15) is 0 Å². The molecule has 0 aliphatic heterocycles. The highest BCUT2D eigenvalue weighted by Crippen LogP contribution is 2.26. The van der Waals surface area contributed by atoms with Gasteiger partial charge in [-0.1, -0.05) is 12.1 Å². The number of para-hydroxylation sites is 2. The number of nitrogens with one attached hydrogen (secondary N) is 2. The number of nitrogens with zero attached hydrogens (tertiary/aromatic N) is 2. The minimum atomic E-state index is 0.0450. The number of rotatable bonds is 5. The van der Waals surface area contributed by atoms with Crippen LogP contribution < -0.4 is 5.32 Å². The maximum Gasteiger partial charge on any atom is 0.220 e. The van der Waals surface area contributed by atoms with Gasteiger partial charge < -0.3 is 10.3 Å². The summed E-state index contributed by atoms with van der Waals surface area (Å²) in [6.45, 7) is 0.538. The monoisotopic (exact) mass is 340 g/mol. The lowest BCUT2D eigenvalue weighted by molar-refractivity contribution is -0.121. The Morgan fingerprint density at radius 3 is 2.96 bits per heavy atom. The van der Waals surface area contributed by atoms with Gasteiger partial charge in [0.25, 0.3) is 0 Å². The molecule has 0 saturated heterocycles. The topological polar surface area (TPSA) is 70.7 Å². The predicted molar refractivity (Wildman–Crippen MR) is 95.0 cm³/mol. The molecule has 4 rings (SSSR count). The summed E-state index contributed by atoms with van der Waals surface area (Å²) in [5, 5.41) is 4.01. The Labute approximate surface area is 144 Å². The summed E-state index contributed by atoms with van der Waals surface area (Å²) < 4.78 is 0. The van der Waals surface area contributed by atoms with Crippen LogP contribution >= 0.6 is 11.3 Å². The van der Waals surface area contributed by atoms with Gasteiger partial charge in [-0.15, -0.1) is 11.3 Å². The number of carbonyl (C=O) groups excluding carboxylic acids is 1. The van der Waals surface area contributed by atoms with E-state index in [1.165, 1.54) is 23.4 Å². The number of aromatic amines is 1. The second-order valence-electron chi connectivity index (χ2n) is 6.16. The molecule has 2 heterocycles. The predicted octanol–water partition coefficient (Wildman–Crippen LogP) is 3.15. The number of imidazole rings is 1. The number of thiazole rings is 1. The molecular formula is C18H20N4OS. The standard InChI is InChI=1S/C18H20N4OS/c23-17(10-9-16-20-12-5-1-2-6-13(12)21-16)19-11-18-22-14-7-3-4-8-15(14)24-18/h1-2,5-6H,3-4,7-11H2,(H,19,23)(H,20,21). The van der Waals surface area contributed by atoms with Gasteiger partial charge in [-0.25, -0.2) is 9.97 Å². The second-order valence-corrected chi connectivity index (χ2v) is 7.33. The highest BCUT2D eigenvalue weighted by Gasteiger charge is 2.15. The van der Waals surface area contributed by atoms with Crippen LogP contribution in [0, 0.1) is 0 Å². The molecule has 1 amide bonds. The molecule has 6 heteroatoms. The molecule has 0 fully saturated rings. The van der Waals surface area contributed by atoms with Gasteiger partial charge in [0.15, 0.2) is 0 Å². The van der Waals surface area contributed by atoms with E-state index in [9.17, 15) is 4.79 Å². The summed E-state index contributed by atoms with van der Waals surface area (Å²) in [6.07, 6.45) is 5.79. The number of hydrogen-bond acceptors (Lipinski definition) is 4. The number of carbonyl (C=O) groups is 1. The van der Waals surface area contributed by atoms with E-state index in [0.717, 1.165) is 34.7 Å². The van der Waals surface area contributed by atoms with Crippen molar-refractivity contribution in [3.63, 3.8) is 0 Å². The first-order valence-corrected chi connectivity index (χ1v) is 9.27. The molecule has 0 bridgehead atoms. The SMILES string of the molecule is O=C(CCc1nc2ccccc2[nH]1)NCc1nc2c(s1)CCCC2. The summed E-state index contributed by atoms with van der Waals surface area (Å²) in [7, 11) is 0. The van der Waals surface area contributed by atoms with Crippen LogP contribution in [0.2, 0.25) is 0 Å². The summed E-state index contributed by atoms with van der Waals surface area (Å²) >= 11 is 1.75. The van der Waals surface area contributed by atoms with Crippen molar-refractivity contribution in [1.29, 1.82) is 0 Å². The molecule has 2 aromatic heterocycles. The Morgan fingerprint density at radius 1 is 1.21 bits per heavy atom. The van der Waals surface area contributed by atoms with Crippen molar-refractivity contribution in [3.05, 3.63) is 45.7 Å². The van der Waals surface area contributed by atoms with Crippen LogP contribution in [0.3, 0.4) is 0 Å². The van der Waals surface area contributed by atoms with Crippen molar-refractivity contribution >= 4 is 28.3 Å². The average Bonchev–Trinajstić information content (AvgIpc) is 3.21. The van der Waals surface area contributed by atoms with E-state index in [1.807, 2.05) is 24.3 Å². The van der Waals surface area contributed by atoms with Crippen molar-refractivity contribution in [2.45, 2.75) is 45.1 Å². The van der Waals surface area contributed by atoms with Gasteiger partial charge in [-0.3, -0.25) is 4.79 Å². The molecule has 1 aliphatic carbocycles. The minimum absolute atomic E-state index is 0.0450. The first-order valence-electron chi connectivity index (χ1n) is 8.46. The van der Waals surface area contributed by atoms with Crippen LogP contribution in [0.5, 0.6) is 0 Å². The quantitative estimate of drug-likeness (QED) is 0.749. The van der Waals surface area contributed by atoms with Crippen LogP contribution in [-0.2, 0) is 30.6 Å². The molecule has 3 aromatic rings. The summed E-state index contributed by atoms with van der Waals surface area (Å²) in [5.74, 6) is 0.902. The minimum Gasteiger partial charge on any atom is -0.350 e. The van der Waals surface area contributed by atoms with Crippen molar-refractivity contribution in [2.75, 3.05) is 0 Å². The number of fused-ring (bicyclic) bond motifs is 2. The van der Waals surface area contributed by atoms with Crippen LogP contribution in [0.15, 0.2) is 24.3 Å². The van der Waals surface area contributed by atoms with Gasteiger partial charge in [0, 0.05) is 17.7 Å². The number of hydrogen-bond donors (Lipinski definition) is 2. The molecule has 1 aliphatic rings. The van der Waals surface area contributed by atoms with E-state index in [1.54, 1.807) is 11.3 Å². The van der Waals surface area contributed by atoms with Gasteiger partial charge in [0.05, 0.1) is 23.3 Å². The lowest BCUT2D eigenvalue weighted by Gasteiger charge is -2.06. The third-order valence-corrected chi connectivity index (χ3v) is 5.51. The van der Waals surface area contributed by atoms with Gasteiger partial charge >= 0.3 is 0 Å². The molecule has 124 valence electrons.